The zero-order chi connectivity index (χ0) is 12.2. The van der Waals surface area contributed by atoms with Crippen LogP contribution >= 0.6 is 0 Å². The van der Waals surface area contributed by atoms with Crippen molar-refractivity contribution in [2.45, 2.75) is 20.8 Å². The second-order valence-electron chi connectivity index (χ2n) is 4.63. The SMILES string of the molecule is CNc1nc(NCC(C)(C)C)nc(OC)n1. The van der Waals surface area contributed by atoms with Gasteiger partial charge in [-0.2, -0.15) is 15.0 Å². The van der Waals surface area contributed by atoms with Gasteiger partial charge in [-0.3, -0.25) is 0 Å². The molecule has 0 aliphatic carbocycles. The minimum Gasteiger partial charge on any atom is -0.467 e. The molecule has 0 saturated carbocycles. The lowest BCUT2D eigenvalue weighted by Crippen LogP contribution is -2.20. The average Bonchev–Trinajstić information content (AvgIpc) is 2.25. The van der Waals surface area contributed by atoms with Crippen LogP contribution in [0.4, 0.5) is 11.9 Å². The molecule has 1 aromatic heterocycles. The first kappa shape index (κ1) is 12.5. The molecule has 0 aromatic carbocycles. The predicted molar refractivity (Wildman–Crippen MR) is 63.9 cm³/mol. The molecular formula is C10H19N5O. The van der Waals surface area contributed by atoms with Gasteiger partial charge in [-0.25, -0.2) is 0 Å². The molecule has 0 spiro atoms. The summed E-state index contributed by atoms with van der Waals surface area (Å²) >= 11 is 0. The van der Waals surface area contributed by atoms with Crippen molar-refractivity contribution >= 4 is 11.9 Å². The molecule has 0 amide bonds. The Morgan fingerprint density at radius 2 is 1.75 bits per heavy atom. The molecule has 1 aromatic rings. The Balaban J connectivity index is 2.79. The molecule has 90 valence electrons. The van der Waals surface area contributed by atoms with Crippen LogP contribution in [0.1, 0.15) is 20.8 Å². The number of anilines is 2. The molecule has 0 aliphatic rings. The third kappa shape index (κ3) is 3.88. The number of hydrogen-bond donors (Lipinski definition) is 2. The van der Waals surface area contributed by atoms with Crippen LogP contribution in [-0.4, -0.2) is 35.7 Å². The van der Waals surface area contributed by atoms with Crippen molar-refractivity contribution in [3.8, 4) is 6.01 Å². The summed E-state index contributed by atoms with van der Waals surface area (Å²) in [4.78, 5) is 12.3. The maximum Gasteiger partial charge on any atom is 0.322 e. The predicted octanol–water partition coefficient (Wildman–Crippen LogP) is 1.38. The largest absolute Gasteiger partial charge is 0.467 e. The summed E-state index contributed by atoms with van der Waals surface area (Å²) in [5.41, 5.74) is 0.166. The number of ether oxygens (including phenoxy) is 1. The lowest BCUT2D eigenvalue weighted by Gasteiger charge is -2.18. The van der Waals surface area contributed by atoms with Crippen LogP contribution in [0.3, 0.4) is 0 Å². The number of hydrogen-bond acceptors (Lipinski definition) is 6. The number of nitrogens with one attached hydrogen (secondary N) is 2. The van der Waals surface area contributed by atoms with E-state index in [1.54, 1.807) is 7.05 Å². The summed E-state index contributed by atoms with van der Waals surface area (Å²) in [6.45, 7) is 7.19. The van der Waals surface area contributed by atoms with E-state index >= 15 is 0 Å². The fourth-order valence-electron chi connectivity index (χ4n) is 0.983. The smallest absolute Gasteiger partial charge is 0.322 e. The van der Waals surface area contributed by atoms with Crippen molar-refractivity contribution in [1.29, 1.82) is 0 Å². The minimum absolute atomic E-state index is 0.166. The minimum atomic E-state index is 0.166. The van der Waals surface area contributed by atoms with Crippen LogP contribution in [0, 0.1) is 5.41 Å². The molecule has 16 heavy (non-hydrogen) atoms. The van der Waals surface area contributed by atoms with Crippen LogP contribution in [0.25, 0.3) is 0 Å². The summed E-state index contributed by atoms with van der Waals surface area (Å²) in [5, 5.41) is 6.01. The lowest BCUT2D eigenvalue weighted by molar-refractivity contribution is 0.379. The van der Waals surface area contributed by atoms with Crippen LogP contribution in [0.5, 0.6) is 6.01 Å². The van der Waals surface area contributed by atoms with Gasteiger partial charge in [0.2, 0.25) is 11.9 Å². The topological polar surface area (TPSA) is 72.0 Å². The number of nitrogens with zero attached hydrogens (tertiary/aromatic N) is 3. The number of rotatable bonds is 4. The maximum atomic E-state index is 4.99. The molecule has 0 saturated heterocycles. The summed E-state index contributed by atoms with van der Waals surface area (Å²) in [5.74, 6) is 1.01. The van der Waals surface area contributed by atoms with Crippen LogP contribution in [-0.2, 0) is 0 Å². The molecule has 6 heteroatoms. The van der Waals surface area contributed by atoms with Crippen LogP contribution in [0.2, 0.25) is 0 Å². The Labute approximate surface area is 95.9 Å². The second-order valence-corrected chi connectivity index (χ2v) is 4.63. The van der Waals surface area contributed by atoms with E-state index in [1.165, 1.54) is 7.11 Å². The summed E-state index contributed by atoms with van der Waals surface area (Å²) < 4.78 is 4.99. The van der Waals surface area contributed by atoms with Gasteiger partial charge in [0.25, 0.3) is 0 Å². The number of aromatic nitrogens is 3. The number of methoxy groups -OCH3 is 1. The van der Waals surface area contributed by atoms with Gasteiger partial charge in [-0.15, -0.1) is 0 Å². The molecule has 0 bridgehead atoms. The molecular weight excluding hydrogens is 206 g/mol. The van der Waals surface area contributed by atoms with E-state index in [0.717, 1.165) is 6.54 Å². The Hall–Kier alpha value is -1.59. The van der Waals surface area contributed by atoms with Crippen LogP contribution in [0.15, 0.2) is 0 Å². The first-order valence-corrected chi connectivity index (χ1v) is 5.16. The van der Waals surface area contributed by atoms with E-state index in [9.17, 15) is 0 Å². The monoisotopic (exact) mass is 225 g/mol. The Kier molecular flexibility index (Phi) is 3.87. The molecule has 0 fully saturated rings. The van der Waals surface area contributed by atoms with Crippen molar-refractivity contribution in [2.75, 3.05) is 31.3 Å². The molecule has 1 heterocycles. The molecule has 6 nitrogen and oxygen atoms in total. The van der Waals surface area contributed by atoms with Gasteiger partial charge in [0, 0.05) is 13.6 Å². The van der Waals surface area contributed by atoms with E-state index < -0.39 is 0 Å². The van der Waals surface area contributed by atoms with E-state index in [2.05, 4.69) is 46.4 Å². The molecule has 2 N–H and O–H groups in total. The zero-order valence-corrected chi connectivity index (χ0v) is 10.5. The molecule has 0 unspecified atom stereocenters. The lowest BCUT2D eigenvalue weighted by atomic mass is 9.97. The van der Waals surface area contributed by atoms with Crippen molar-refractivity contribution in [2.24, 2.45) is 5.41 Å². The third-order valence-corrected chi connectivity index (χ3v) is 1.80. The van der Waals surface area contributed by atoms with E-state index in [4.69, 9.17) is 4.74 Å². The highest BCUT2D eigenvalue weighted by Gasteiger charge is 2.12. The molecule has 0 aliphatic heterocycles. The second kappa shape index (κ2) is 4.96. The van der Waals surface area contributed by atoms with Crippen LogP contribution < -0.4 is 15.4 Å². The van der Waals surface area contributed by atoms with Gasteiger partial charge in [0.05, 0.1) is 7.11 Å². The average molecular weight is 225 g/mol. The van der Waals surface area contributed by atoms with Crippen molar-refractivity contribution < 1.29 is 4.74 Å². The van der Waals surface area contributed by atoms with Crippen molar-refractivity contribution in [3.63, 3.8) is 0 Å². The highest BCUT2D eigenvalue weighted by molar-refractivity contribution is 5.35. The van der Waals surface area contributed by atoms with Gasteiger partial charge >= 0.3 is 6.01 Å². The fourth-order valence-corrected chi connectivity index (χ4v) is 0.983. The quantitative estimate of drug-likeness (QED) is 0.806. The molecule has 0 radical (unpaired) electrons. The summed E-state index contributed by atoms with van der Waals surface area (Å²) in [7, 11) is 3.28. The maximum absolute atomic E-state index is 4.99. The van der Waals surface area contributed by atoms with Crippen molar-refractivity contribution in [3.05, 3.63) is 0 Å². The van der Waals surface area contributed by atoms with Gasteiger partial charge in [-0.1, -0.05) is 20.8 Å². The Morgan fingerprint density at radius 3 is 2.25 bits per heavy atom. The summed E-state index contributed by atoms with van der Waals surface area (Å²) in [6.07, 6.45) is 0. The fraction of sp³-hybridized carbons (Fsp3) is 0.700. The molecule has 0 atom stereocenters. The van der Waals surface area contributed by atoms with Gasteiger partial charge in [0.1, 0.15) is 0 Å². The Morgan fingerprint density at radius 1 is 1.12 bits per heavy atom. The Bertz CT molecular complexity index is 325. The van der Waals surface area contributed by atoms with E-state index in [0.29, 0.717) is 17.9 Å². The van der Waals surface area contributed by atoms with E-state index in [-0.39, 0.29) is 5.41 Å². The normalized spacial score (nSPS) is 11.1. The molecule has 1 rings (SSSR count). The zero-order valence-electron chi connectivity index (χ0n) is 10.5. The highest BCUT2D eigenvalue weighted by Crippen LogP contribution is 2.15. The first-order valence-electron chi connectivity index (χ1n) is 5.16. The van der Waals surface area contributed by atoms with Crippen molar-refractivity contribution in [1.82, 2.24) is 15.0 Å². The van der Waals surface area contributed by atoms with Gasteiger partial charge in [-0.05, 0) is 5.41 Å². The standard InChI is InChI=1S/C10H19N5O/c1-10(2,3)6-12-8-13-7(11-4)14-9(15-8)16-5/h6H2,1-5H3,(H2,11,12,13,14,15). The highest BCUT2D eigenvalue weighted by atomic mass is 16.5. The van der Waals surface area contributed by atoms with E-state index in [1.807, 2.05) is 0 Å². The third-order valence-electron chi connectivity index (χ3n) is 1.80. The van der Waals surface area contributed by atoms with Gasteiger partial charge < -0.3 is 15.4 Å². The summed E-state index contributed by atoms with van der Waals surface area (Å²) in [6, 6.07) is 0.302. The van der Waals surface area contributed by atoms with Gasteiger partial charge in [0.15, 0.2) is 0 Å². The first-order chi connectivity index (χ1) is 7.44.